The lowest BCUT2D eigenvalue weighted by Crippen LogP contribution is -2.56. The Hall–Kier alpha value is -2.72. The number of aromatic amines is 1. The Kier molecular flexibility index (Phi) is 9.40. The number of aliphatic carboxylic acids is 1. The van der Waals surface area contributed by atoms with Gasteiger partial charge in [0.2, 0.25) is 11.8 Å². The minimum absolute atomic E-state index is 0.0140. The predicted octanol–water partition coefficient (Wildman–Crippen LogP) is 1.31. The molecule has 1 aromatic carbocycles. The van der Waals surface area contributed by atoms with E-state index in [1.807, 2.05) is 38.1 Å². The van der Waals surface area contributed by atoms with Gasteiger partial charge in [-0.25, -0.2) is 0 Å². The number of amides is 2. The molecule has 11 nitrogen and oxygen atoms in total. The molecule has 1 heterocycles. The van der Waals surface area contributed by atoms with Crippen LogP contribution in [0.1, 0.15) is 39.7 Å². The monoisotopic (exact) mass is 496 g/mol. The summed E-state index contributed by atoms with van der Waals surface area (Å²) in [5.41, 5.74) is 1.59. The summed E-state index contributed by atoms with van der Waals surface area (Å²) in [6.07, 6.45) is 2.07. The first-order valence-electron chi connectivity index (χ1n) is 11.0. The van der Waals surface area contributed by atoms with Crippen LogP contribution in [0.2, 0.25) is 0 Å². The maximum Gasteiger partial charge on any atom is 0.342 e. The van der Waals surface area contributed by atoms with Crippen LogP contribution < -0.4 is 16.0 Å². The van der Waals surface area contributed by atoms with Crippen LogP contribution >= 0.6 is 7.60 Å². The number of hydrogen-bond donors (Lipinski definition) is 7. The molecular weight excluding hydrogens is 463 g/mol. The summed E-state index contributed by atoms with van der Waals surface area (Å²) in [5, 5.41) is 17.7. The first-order valence-corrected chi connectivity index (χ1v) is 12.7. The summed E-state index contributed by atoms with van der Waals surface area (Å²) in [4.78, 5) is 59.3. The number of para-hydroxylation sites is 1. The molecule has 0 aliphatic heterocycles. The van der Waals surface area contributed by atoms with Crippen molar-refractivity contribution in [1.82, 2.24) is 20.9 Å². The Morgan fingerprint density at radius 1 is 1.00 bits per heavy atom. The van der Waals surface area contributed by atoms with Crippen LogP contribution in [0.15, 0.2) is 30.5 Å². The highest BCUT2D eigenvalue weighted by atomic mass is 31.2. The molecule has 34 heavy (non-hydrogen) atoms. The molecule has 0 saturated heterocycles. The summed E-state index contributed by atoms with van der Waals surface area (Å²) in [5.74, 6) is -3.77. The molecule has 188 valence electrons. The number of H-pyrrole nitrogens is 1. The predicted molar refractivity (Wildman–Crippen MR) is 127 cm³/mol. The summed E-state index contributed by atoms with van der Waals surface area (Å²) >= 11 is 0. The third-order valence-electron chi connectivity index (χ3n) is 5.43. The number of carboxylic acids is 1. The summed E-state index contributed by atoms with van der Waals surface area (Å²) in [7, 11) is -4.49. The molecule has 2 aromatic rings. The van der Waals surface area contributed by atoms with Gasteiger partial charge in [0, 0.05) is 23.5 Å². The molecule has 0 aliphatic rings. The molecule has 1 unspecified atom stereocenters. The number of fused-ring (bicyclic) bond motifs is 1. The fraction of sp³-hybridized carbons (Fsp3) is 0.500. The Balaban J connectivity index is 2.30. The standard InChI is InChI=1S/C22H33N4O7P/c1-12(2)9-18(25-14(4)34(31,32)33)21(28)26-19(20(27)24-13(3)22(29)30)10-15-11-23-17-8-6-5-7-16(15)17/h5-8,11-14,18-19,23,25H,9-10H2,1-4H3,(H,24,27)(H,26,28)(H,29,30)(H2,31,32,33)/t13-,14?,18-,19-/m0/s1. The van der Waals surface area contributed by atoms with Crippen molar-refractivity contribution in [2.75, 3.05) is 0 Å². The summed E-state index contributed by atoms with van der Waals surface area (Å²) < 4.78 is 11.6. The van der Waals surface area contributed by atoms with Crippen molar-refractivity contribution in [1.29, 1.82) is 0 Å². The Bertz CT molecular complexity index is 1060. The number of carbonyl (C=O) groups is 3. The van der Waals surface area contributed by atoms with Crippen molar-refractivity contribution >= 4 is 36.3 Å². The molecular formula is C22H33N4O7P. The lowest BCUT2D eigenvalue weighted by molar-refractivity contribution is -0.141. The molecule has 0 bridgehead atoms. The summed E-state index contributed by atoms with van der Waals surface area (Å²) in [6, 6.07) is 4.16. The van der Waals surface area contributed by atoms with Gasteiger partial charge in [-0.3, -0.25) is 24.3 Å². The van der Waals surface area contributed by atoms with E-state index in [-0.39, 0.29) is 18.8 Å². The molecule has 2 rings (SSSR count). The highest BCUT2D eigenvalue weighted by Gasteiger charge is 2.32. The second kappa shape index (κ2) is 11.6. The quantitative estimate of drug-likeness (QED) is 0.215. The second-order valence-electron chi connectivity index (χ2n) is 8.81. The van der Waals surface area contributed by atoms with Crippen LogP contribution in [-0.2, 0) is 25.4 Å². The van der Waals surface area contributed by atoms with Crippen molar-refractivity contribution in [3.8, 4) is 0 Å². The number of carboxylic acid groups (broad SMARTS) is 1. The van der Waals surface area contributed by atoms with E-state index in [1.165, 1.54) is 13.8 Å². The molecule has 0 fully saturated rings. The Morgan fingerprint density at radius 2 is 1.62 bits per heavy atom. The minimum Gasteiger partial charge on any atom is -0.480 e. The number of carbonyl (C=O) groups excluding carboxylic acids is 2. The van der Waals surface area contributed by atoms with Gasteiger partial charge in [0.25, 0.3) is 0 Å². The van der Waals surface area contributed by atoms with Gasteiger partial charge in [-0.15, -0.1) is 0 Å². The van der Waals surface area contributed by atoms with E-state index in [1.54, 1.807) is 6.20 Å². The van der Waals surface area contributed by atoms with E-state index < -0.39 is 49.3 Å². The van der Waals surface area contributed by atoms with Gasteiger partial charge in [0.15, 0.2) is 0 Å². The van der Waals surface area contributed by atoms with E-state index in [0.717, 1.165) is 16.5 Å². The fourth-order valence-electron chi connectivity index (χ4n) is 3.49. The van der Waals surface area contributed by atoms with Crippen molar-refractivity contribution in [3.63, 3.8) is 0 Å². The molecule has 12 heteroatoms. The lowest BCUT2D eigenvalue weighted by Gasteiger charge is -2.27. The van der Waals surface area contributed by atoms with E-state index >= 15 is 0 Å². The average molecular weight is 497 g/mol. The smallest absolute Gasteiger partial charge is 0.342 e. The van der Waals surface area contributed by atoms with Crippen molar-refractivity contribution in [2.45, 2.75) is 64.4 Å². The normalized spacial score (nSPS) is 15.5. The molecule has 0 spiro atoms. The van der Waals surface area contributed by atoms with Crippen LogP contribution in [0.5, 0.6) is 0 Å². The van der Waals surface area contributed by atoms with Crippen molar-refractivity contribution in [2.24, 2.45) is 5.92 Å². The molecule has 0 aliphatic carbocycles. The SMILES string of the molecule is CC(C)C[C@H](NC(C)P(=O)(O)O)C(=O)N[C@@H](Cc1c[nH]c2ccccc12)C(=O)N[C@@H](C)C(=O)O. The number of rotatable bonds is 12. The van der Waals surface area contributed by atoms with Crippen LogP contribution in [0.25, 0.3) is 10.9 Å². The first kappa shape index (κ1) is 27.5. The zero-order valence-corrected chi connectivity index (χ0v) is 20.5. The molecule has 1 aromatic heterocycles. The minimum atomic E-state index is -4.49. The van der Waals surface area contributed by atoms with E-state index in [2.05, 4.69) is 20.9 Å². The molecule has 7 N–H and O–H groups in total. The van der Waals surface area contributed by atoms with E-state index in [0.29, 0.717) is 0 Å². The zero-order chi connectivity index (χ0) is 25.6. The number of nitrogens with one attached hydrogen (secondary N) is 4. The first-order chi connectivity index (χ1) is 15.8. The zero-order valence-electron chi connectivity index (χ0n) is 19.6. The lowest BCUT2D eigenvalue weighted by atomic mass is 10.0. The number of aromatic nitrogens is 1. The Labute approximate surface area is 197 Å². The van der Waals surface area contributed by atoms with Gasteiger partial charge in [-0.1, -0.05) is 32.0 Å². The van der Waals surface area contributed by atoms with Gasteiger partial charge < -0.3 is 30.5 Å². The average Bonchev–Trinajstić information content (AvgIpc) is 3.14. The Morgan fingerprint density at radius 3 is 2.21 bits per heavy atom. The largest absolute Gasteiger partial charge is 0.480 e. The van der Waals surface area contributed by atoms with Gasteiger partial charge in [0.1, 0.15) is 17.9 Å². The van der Waals surface area contributed by atoms with Crippen LogP contribution in [-0.4, -0.2) is 61.6 Å². The highest BCUT2D eigenvalue weighted by Crippen LogP contribution is 2.39. The molecule has 4 atom stereocenters. The van der Waals surface area contributed by atoms with E-state index in [4.69, 9.17) is 5.11 Å². The fourth-order valence-corrected chi connectivity index (χ4v) is 3.86. The van der Waals surface area contributed by atoms with Crippen LogP contribution in [0.3, 0.4) is 0 Å². The van der Waals surface area contributed by atoms with Crippen molar-refractivity contribution in [3.05, 3.63) is 36.0 Å². The molecule has 0 radical (unpaired) electrons. The topological polar surface area (TPSA) is 181 Å². The van der Waals surface area contributed by atoms with Gasteiger partial charge in [-0.05, 0) is 37.8 Å². The summed E-state index contributed by atoms with van der Waals surface area (Å²) in [6.45, 7) is 6.31. The van der Waals surface area contributed by atoms with Crippen molar-refractivity contribution < 1.29 is 33.8 Å². The molecule has 2 amide bonds. The van der Waals surface area contributed by atoms with E-state index in [9.17, 15) is 28.7 Å². The second-order valence-corrected chi connectivity index (χ2v) is 10.8. The number of benzene rings is 1. The third kappa shape index (κ3) is 7.66. The van der Waals surface area contributed by atoms with Crippen LogP contribution in [0.4, 0.5) is 0 Å². The maximum absolute atomic E-state index is 13.1. The number of hydrogen-bond acceptors (Lipinski definition) is 5. The maximum atomic E-state index is 13.1. The van der Waals surface area contributed by atoms with Gasteiger partial charge in [0.05, 0.1) is 6.04 Å². The van der Waals surface area contributed by atoms with Gasteiger partial charge in [-0.2, -0.15) is 0 Å². The molecule has 0 saturated carbocycles. The van der Waals surface area contributed by atoms with Gasteiger partial charge >= 0.3 is 13.6 Å². The highest BCUT2D eigenvalue weighted by molar-refractivity contribution is 7.52. The van der Waals surface area contributed by atoms with Crippen LogP contribution in [0, 0.1) is 5.92 Å². The third-order valence-corrected chi connectivity index (χ3v) is 6.59.